The van der Waals surface area contributed by atoms with Crippen LogP contribution in [0.4, 0.5) is 4.79 Å². The molecule has 0 aliphatic rings. The van der Waals surface area contributed by atoms with Gasteiger partial charge in [-0.15, -0.1) is 0 Å². The molecule has 0 aromatic rings. The second-order valence-corrected chi connectivity index (χ2v) is 0.283. The summed E-state index contributed by atoms with van der Waals surface area (Å²) in [5.74, 6) is 8.00. The summed E-state index contributed by atoms with van der Waals surface area (Å²) >= 11 is 0. The molecule has 0 amide bonds. The SMILES string of the molecule is NN.O=C(O)O.[NaH]. The van der Waals surface area contributed by atoms with Gasteiger partial charge in [-0.3, -0.25) is 11.7 Å². The zero-order valence-corrected chi connectivity index (χ0v) is 2.96. The summed E-state index contributed by atoms with van der Waals surface area (Å²) in [6, 6.07) is 0. The normalized spacial score (nSPS) is 4.29. The Labute approximate surface area is 62.6 Å². The number of hydrogen-bond acceptors (Lipinski definition) is 3. The van der Waals surface area contributed by atoms with E-state index in [1.54, 1.807) is 0 Å². The van der Waals surface area contributed by atoms with Gasteiger partial charge in [0.1, 0.15) is 0 Å². The van der Waals surface area contributed by atoms with Crippen LogP contribution in [-0.2, 0) is 0 Å². The molecule has 40 valence electrons. The second-order valence-electron chi connectivity index (χ2n) is 0.283. The van der Waals surface area contributed by atoms with E-state index in [0.29, 0.717) is 0 Å². The van der Waals surface area contributed by atoms with Gasteiger partial charge in [-0.1, -0.05) is 0 Å². The average molecular weight is 118 g/mol. The van der Waals surface area contributed by atoms with Crippen LogP contribution in [0.2, 0.25) is 0 Å². The number of carbonyl (C=O) groups is 1. The van der Waals surface area contributed by atoms with E-state index in [2.05, 4.69) is 11.7 Å². The van der Waals surface area contributed by atoms with Crippen molar-refractivity contribution < 1.29 is 15.0 Å². The van der Waals surface area contributed by atoms with Gasteiger partial charge in [-0.05, 0) is 0 Å². The Morgan fingerprint density at radius 3 is 1.29 bits per heavy atom. The first-order valence-corrected chi connectivity index (χ1v) is 0.985. The Bertz CT molecular complexity index is 35.9. The fourth-order valence-corrected chi connectivity index (χ4v) is 0. The number of hydrogen-bond donors (Lipinski definition) is 4. The van der Waals surface area contributed by atoms with Gasteiger partial charge in [0.2, 0.25) is 0 Å². The van der Waals surface area contributed by atoms with E-state index in [1.165, 1.54) is 0 Å². The first kappa shape index (κ1) is 15.7. The fourth-order valence-electron chi connectivity index (χ4n) is 0. The third-order valence-corrected chi connectivity index (χ3v) is 0. The molecule has 0 aliphatic heterocycles. The molecule has 0 radical (unpaired) electrons. The third-order valence-electron chi connectivity index (χ3n) is 0. The molecule has 0 spiro atoms. The molecule has 0 aromatic carbocycles. The minimum atomic E-state index is -1.83. The Hall–Kier alpha value is 0.190. The zero-order valence-electron chi connectivity index (χ0n) is 2.96. The molecule has 6 N–H and O–H groups in total. The molecule has 0 rings (SSSR count). The Morgan fingerprint density at radius 2 is 1.29 bits per heavy atom. The molecule has 0 bridgehead atoms. The van der Waals surface area contributed by atoms with E-state index in [4.69, 9.17) is 15.0 Å². The molecule has 6 heteroatoms. The summed E-state index contributed by atoms with van der Waals surface area (Å²) in [5.41, 5.74) is 0. The van der Waals surface area contributed by atoms with E-state index >= 15 is 0 Å². The Morgan fingerprint density at radius 1 is 1.29 bits per heavy atom. The summed E-state index contributed by atoms with van der Waals surface area (Å²) in [6.07, 6.45) is -1.83. The second kappa shape index (κ2) is 16.4. The van der Waals surface area contributed by atoms with Crippen molar-refractivity contribution in [2.75, 3.05) is 0 Å². The van der Waals surface area contributed by atoms with E-state index in [9.17, 15) is 0 Å². The van der Waals surface area contributed by atoms with Crippen LogP contribution in [0.3, 0.4) is 0 Å². The molecule has 5 nitrogen and oxygen atoms in total. The van der Waals surface area contributed by atoms with E-state index in [1.807, 2.05) is 0 Å². The van der Waals surface area contributed by atoms with Crippen molar-refractivity contribution >= 4 is 35.7 Å². The monoisotopic (exact) mass is 118 g/mol. The van der Waals surface area contributed by atoms with Crippen molar-refractivity contribution in [2.24, 2.45) is 11.7 Å². The van der Waals surface area contributed by atoms with Crippen molar-refractivity contribution in [3.05, 3.63) is 0 Å². The number of nitrogens with two attached hydrogens (primary N) is 2. The average Bonchev–Trinajstić information content (AvgIpc) is 1.41. The van der Waals surface area contributed by atoms with Gasteiger partial charge >= 0.3 is 35.7 Å². The van der Waals surface area contributed by atoms with Gasteiger partial charge in [0.15, 0.2) is 0 Å². The van der Waals surface area contributed by atoms with Crippen molar-refractivity contribution in [3.63, 3.8) is 0 Å². The predicted octanol–water partition coefficient (Wildman–Crippen LogP) is -1.61. The maximum absolute atomic E-state index is 8.56. The van der Waals surface area contributed by atoms with E-state index < -0.39 is 6.16 Å². The zero-order chi connectivity index (χ0) is 5.58. The van der Waals surface area contributed by atoms with Gasteiger partial charge in [-0.2, -0.15) is 0 Å². The van der Waals surface area contributed by atoms with Crippen molar-refractivity contribution in [1.29, 1.82) is 0 Å². The van der Waals surface area contributed by atoms with Crippen LogP contribution < -0.4 is 11.7 Å². The Balaban J connectivity index is -0.0000000480. The standard InChI is InChI=1S/CH2O3.H4N2.Na.H/c2-1(3)4;1-2;;/h(H2,2,3,4);1-2H2;;. The summed E-state index contributed by atoms with van der Waals surface area (Å²) in [6.45, 7) is 0. The summed E-state index contributed by atoms with van der Waals surface area (Å²) in [5, 5.41) is 13.9. The van der Waals surface area contributed by atoms with Crippen LogP contribution >= 0.6 is 0 Å². The van der Waals surface area contributed by atoms with Crippen LogP contribution in [0.25, 0.3) is 0 Å². The van der Waals surface area contributed by atoms with Crippen LogP contribution in [0.5, 0.6) is 0 Å². The summed E-state index contributed by atoms with van der Waals surface area (Å²) in [4.78, 5) is 8.56. The van der Waals surface area contributed by atoms with Crippen molar-refractivity contribution in [3.8, 4) is 0 Å². The third kappa shape index (κ3) is 3010. The maximum atomic E-state index is 8.56. The first-order chi connectivity index (χ1) is 2.73. The van der Waals surface area contributed by atoms with Gasteiger partial charge in [0, 0.05) is 0 Å². The first-order valence-electron chi connectivity index (χ1n) is 0.985. The van der Waals surface area contributed by atoms with Crippen molar-refractivity contribution in [1.82, 2.24) is 0 Å². The molecule has 0 saturated carbocycles. The molecule has 0 aliphatic carbocycles. The number of rotatable bonds is 0. The van der Waals surface area contributed by atoms with Crippen LogP contribution in [0.1, 0.15) is 0 Å². The van der Waals surface area contributed by atoms with Crippen molar-refractivity contribution in [2.45, 2.75) is 0 Å². The Kier molecular flexibility index (Phi) is 36.7. The molecule has 0 saturated heterocycles. The van der Waals surface area contributed by atoms with Gasteiger partial charge < -0.3 is 10.2 Å². The molecule has 0 unspecified atom stereocenters. The van der Waals surface area contributed by atoms with E-state index in [-0.39, 0.29) is 29.6 Å². The molecule has 0 fully saturated rings. The topological polar surface area (TPSA) is 110 Å². The van der Waals surface area contributed by atoms with Gasteiger partial charge in [0.25, 0.3) is 0 Å². The predicted molar refractivity (Wildman–Crippen MR) is 26.2 cm³/mol. The minimum absolute atomic E-state index is 0. The number of carboxylic acid groups (broad SMARTS) is 2. The number of hydrazine groups is 1. The summed E-state index contributed by atoms with van der Waals surface area (Å²) in [7, 11) is 0. The fraction of sp³-hybridized carbons (Fsp3) is 0. The molecule has 0 atom stereocenters. The molecular weight excluding hydrogens is 111 g/mol. The summed E-state index contributed by atoms with van der Waals surface area (Å²) < 4.78 is 0. The van der Waals surface area contributed by atoms with Crippen LogP contribution in [0.15, 0.2) is 0 Å². The van der Waals surface area contributed by atoms with Crippen LogP contribution in [0, 0.1) is 0 Å². The quantitative estimate of drug-likeness (QED) is 0.174. The van der Waals surface area contributed by atoms with E-state index in [0.717, 1.165) is 0 Å². The molecule has 7 heavy (non-hydrogen) atoms. The van der Waals surface area contributed by atoms with Crippen LogP contribution in [-0.4, -0.2) is 45.9 Å². The molecule has 0 heterocycles. The molecule has 0 aromatic heterocycles. The van der Waals surface area contributed by atoms with Gasteiger partial charge in [-0.25, -0.2) is 4.79 Å². The van der Waals surface area contributed by atoms with Gasteiger partial charge in [0.05, 0.1) is 0 Å². The molecular formula is CH7N2NaO3.